The molecule has 0 bridgehead atoms. The monoisotopic (exact) mass is 511 g/mol. The number of nitrogens with zero attached hydrogens (tertiary/aromatic N) is 1. The molecular weight excluding hydrogens is 489 g/mol. The molecule has 2 N–H and O–H groups in total. The summed E-state index contributed by atoms with van der Waals surface area (Å²) in [5.41, 5.74) is 3.09. The van der Waals surface area contributed by atoms with Crippen LogP contribution in [0.4, 0.5) is 0 Å². The van der Waals surface area contributed by atoms with Crippen LogP contribution in [0, 0.1) is 0 Å². The minimum atomic E-state index is -3.64. The van der Waals surface area contributed by atoms with Gasteiger partial charge in [0.1, 0.15) is 0 Å². The van der Waals surface area contributed by atoms with Crippen LogP contribution in [-0.4, -0.2) is 33.0 Å². The summed E-state index contributed by atoms with van der Waals surface area (Å²) in [5.74, 6) is 0. The van der Waals surface area contributed by atoms with Gasteiger partial charge in [-0.25, -0.2) is 13.1 Å². The van der Waals surface area contributed by atoms with E-state index in [2.05, 4.69) is 21.1 Å². The second-order valence-corrected chi connectivity index (χ2v) is 10.2. The summed E-state index contributed by atoms with van der Waals surface area (Å²) in [7, 11) is -3.64. The number of sulfonamides is 1. The Balaban J connectivity index is 1.39. The Kier molecular flexibility index (Phi) is 7.98. The maximum Gasteiger partial charge on any atom is 0.241 e. The molecule has 0 aliphatic rings. The number of hydrogen-bond acceptors (Lipinski definition) is 4. The molecule has 0 radical (unpaired) electrons. The van der Waals surface area contributed by atoms with Crippen molar-refractivity contribution >= 4 is 49.6 Å². The maximum atomic E-state index is 12.8. The molecule has 0 aliphatic heterocycles. The molecule has 4 aromatic rings. The molecule has 8 heteroatoms. The van der Waals surface area contributed by atoms with Crippen molar-refractivity contribution in [2.75, 3.05) is 19.6 Å². The summed E-state index contributed by atoms with van der Waals surface area (Å²) in [6.07, 6.45) is 5.31. The number of nitrogens with one attached hydrogen (secondary N) is 2. The number of halogens is 2. The smallest absolute Gasteiger partial charge is 0.241 e. The van der Waals surface area contributed by atoms with Crippen molar-refractivity contribution in [3.63, 3.8) is 0 Å². The highest BCUT2D eigenvalue weighted by Crippen LogP contribution is 2.26. The lowest BCUT2D eigenvalue weighted by molar-refractivity contribution is 0.579. The van der Waals surface area contributed by atoms with Crippen molar-refractivity contribution in [2.24, 2.45) is 0 Å². The van der Waals surface area contributed by atoms with Crippen LogP contribution in [0.3, 0.4) is 0 Å². The zero-order chi connectivity index (χ0) is 24.0. The van der Waals surface area contributed by atoms with Crippen LogP contribution in [0.15, 0.2) is 96.2 Å². The molecule has 1 heterocycles. The Bertz CT molecular complexity index is 1350. The highest BCUT2D eigenvalue weighted by molar-refractivity contribution is 7.89. The average Bonchev–Trinajstić information content (AvgIpc) is 2.85. The van der Waals surface area contributed by atoms with Gasteiger partial charge in [-0.2, -0.15) is 0 Å². The highest BCUT2D eigenvalue weighted by atomic mass is 35.5. The van der Waals surface area contributed by atoms with Gasteiger partial charge in [0.25, 0.3) is 0 Å². The Morgan fingerprint density at radius 3 is 2.15 bits per heavy atom. The number of benzene rings is 3. The van der Waals surface area contributed by atoms with Crippen molar-refractivity contribution in [3.8, 4) is 0 Å². The van der Waals surface area contributed by atoms with E-state index in [9.17, 15) is 8.42 Å². The van der Waals surface area contributed by atoms with E-state index in [4.69, 9.17) is 23.2 Å². The van der Waals surface area contributed by atoms with Gasteiger partial charge in [-0.3, -0.25) is 4.98 Å². The van der Waals surface area contributed by atoms with E-state index in [1.165, 1.54) is 0 Å². The third kappa shape index (κ3) is 6.03. The first-order valence-corrected chi connectivity index (χ1v) is 12.9. The lowest BCUT2D eigenvalue weighted by Gasteiger charge is -2.11. The van der Waals surface area contributed by atoms with E-state index in [0.29, 0.717) is 28.5 Å². The van der Waals surface area contributed by atoms with Gasteiger partial charge < -0.3 is 5.32 Å². The molecule has 1 aromatic heterocycles. The molecule has 0 fully saturated rings. The number of pyridine rings is 1. The number of hydrogen-bond donors (Lipinski definition) is 2. The van der Waals surface area contributed by atoms with Crippen LogP contribution in [0.25, 0.3) is 16.3 Å². The van der Waals surface area contributed by atoms with Crippen LogP contribution < -0.4 is 10.0 Å². The molecule has 0 saturated carbocycles. The van der Waals surface area contributed by atoms with Crippen molar-refractivity contribution in [1.29, 1.82) is 0 Å². The minimum absolute atomic E-state index is 0.250. The Morgan fingerprint density at radius 2 is 1.50 bits per heavy atom. The van der Waals surface area contributed by atoms with E-state index in [0.717, 1.165) is 22.1 Å². The minimum Gasteiger partial charge on any atom is -0.312 e. The molecule has 5 nitrogen and oxygen atoms in total. The lowest BCUT2D eigenvalue weighted by Crippen LogP contribution is -2.32. The molecule has 174 valence electrons. The fraction of sp³-hybridized carbons (Fsp3) is 0.115. The largest absolute Gasteiger partial charge is 0.312 e. The Morgan fingerprint density at radius 1 is 0.853 bits per heavy atom. The second kappa shape index (κ2) is 11.1. The standard InChI is InChI=1S/C26H23Cl2N3O2S/c27-22-8-4-19(5-9-22)24(20-6-10-23(28)11-7-20)12-14-29-16-17-31-34(32,33)26-3-1-2-21-18-30-15-13-25(21)26/h1-13,15,18,29,31H,14,16-17H2. The first-order chi connectivity index (χ1) is 16.4. The van der Waals surface area contributed by atoms with Crippen molar-refractivity contribution in [1.82, 2.24) is 15.0 Å². The molecule has 4 rings (SSSR count). The number of aromatic nitrogens is 1. The molecule has 0 atom stereocenters. The van der Waals surface area contributed by atoms with Gasteiger partial charge in [-0.1, -0.05) is 65.7 Å². The number of rotatable bonds is 9. The highest BCUT2D eigenvalue weighted by Gasteiger charge is 2.16. The molecule has 0 saturated heterocycles. The molecule has 0 unspecified atom stereocenters. The van der Waals surface area contributed by atoms with E-state index in [1.54, 1.807) is 30.6 Å². The first-order valence-electron chi connectivity index (χ1n) is 10.7. The fourth-order valence-corrected chi connectivity index (χ4v) is 5.13. The van der Waals surface area contributed by atoms with Crippen LogP contribution >= 0.6 is 23.2 Å². The van der Waals surface area contributed by atoms with Gasteiger partial charge in [-0.15, -0.1) is 0 Å². The molecular formula is C26H23Cl2N3O2S. The molecule has 0 spiro atoms. The van der Waals surface area contributed by atoms with Gasteiger partial charge in [0.15, 0.2) is 0 Å². The van der Waals surface area contributed by atoms with Crippen LogP contribution in [0.1, 0.15) is 11.1 Å². The summed E-state index contributed by atoms with van der Waals surface area (Å²) < 4.78 is 28.3. The Labute approximate surface area is 209 Å². The van der Waals surface area contributed by atoms with Crippen LogP contribution in [0.5, 0.6) is 0 Å². The summed E-state index contributed by atoms with van der Waals surface area (Å²) in [5, 5.41) is 6.05. The topological polar surface area (TPSA) is 71.1 Å². The van der Waals surface area contributed by atoms with Gasteiger partial charge in [0.05, 0.1) is 4.90 Å². The summed E-state index contributed by atoms with van der Waals surface area (Å²) >= 11 is 12.1. The van der Waals surface area contributed by atoms with Gasteiger partial charge in [0, 0.05) is 52.8 Å². The van der Waals surface area contributed by atoms with Crippen LogP contribution in [-0.2, 0) is 10.0 Å². The van der Waals surface area contributed by atoms with Crippen molar-refractivity contribution in [2.45, 2.75) is 4.90 Å². The normalized spacial score (nSPS) is 11.5. The second-order valence-electron chi connectivity index (χ2n) is 7.59. The van der Waals surface area contributed by atoms with Gasteiger partial charge in [-0.05, 0) is 53.1 Å². The SMILES string of the molecule is O=S(=O)(NCCNCC=C(c1ccc(Cl)cc1)c1ccc(Cl)cc1)c1cccc2cnccc12. The fourth-order valence-electron chi connectivity index (χ4n) is 3.62. The van der Waals surface area contributed by atoms with Crippen LogP contribution in [0.2, 0.25) is 10.0 Å². The van der Waals surface area contributed by atoms with Gasteiger partial charge in [0.2, 0.25) is 10.0 Å². The maximum absolute atomic E-state index is 12.8. The molecule has 34 heavy (non-hydrogen) atoms. The molecule has 0 amide bonds. The number of fused-ring (bicyclic) bond motifs is 1. The molecule has 0 aliphatic carbocycles. The summed E-state index contributed by atoms with van der Waals surface area (Å²) in [6.45, 7) is 1.29. The van der Waals surface area contributed by atoms with Crippen molar-refractivity contribution < 1.29 is 8.42 Å². The third-order valence-electron chi connectivity index (χ3n) is 5.29. The summed E-state index contributed by atoms with van der Waals surface area (Å²) in [4.78, 5) is 4.30. The summed E-state index contributed by atoms with van der Waals surface area (Å²) in [6, 6.07) is 22.2. The van der Waals surface area contributed by atoms with Gasteiger partial charge >= 0.3 is 0 Å². The van der Waals surface area contributed by atoms with E-state index in [-0.39, 0.29) is 11.4 Å². The first kappa shape index (κ1) is 24.4. The Hall–Kier alpha value is -2.74. The zero-order valence-corrected chi connectivity index (χ0v) is 20.5. The third-order valence-corrected chi connectivity index (χ3v) is 7.31. The quantitative estimate of drug-likeness (QED) is 0.289. The van der Waals surface area contributed by atoms with Crippen molar-refractivity contribution in [3.05, 3.63) is 112 Å². The average molecular weight is 512 g/mol. The predicted molar refractivity (Wildman–Crippen MR) is 140 cm³/mol. The molecule has 3 aromatic carbocycles. The zero-order valence-electron chi connectivity index (χ0n) is 18.2. The van der Waals surface area contributed by atoms with E-state index < -0.39 is 10.0 Å². The van der Waals surface area contributed by atoms with E-state index >= 15 is 0 Å². The predicted octanol–water partition coefficient (Wildman–Crippen LogP) is 5.54. The lowest BCUT2D eigenvalue weighted by atomic mass is 9.97. The van der Waals surface area contributed by atoms with E-state index in [1.807, 2.05) is 54.6 Å².